The molecule has 6 nitrogen and oxygen atoms in total. The van der Waals surface area contributed by atoms with E-state index in [0.29, 0.717) is 12.1 Å². The summed E-state index contributed by atoms with van der Waals surface area (Å²) in [6.45, 7) is 3.34. The van der Waals surface area contributed by atoms with E-state index in [0.717, 1.165) is 11.3 Å². The lowest BCUT2D eigenvalue weighted by atomic mass is 10.2. The molecule has 0 spiro atoms. The number of hydrogen-bond acceptors (Lipinski definition) is 4. The second kappa shape index (κ2) is 7.19. The predicted molar refractivity (Wildman–Crippen MR) is 85.4 cm³/mol. The number of halogens is 1. The topological polar surface area (TPSA) is 88.8 Å². The first kappa shape index (κ1) is 16.9. The number of carbonyl (C=O) groups is 2. The molecule has 0 aliphatic carbocycles. The zero-order valence-corrected chi connectivity index (χ0v) is 13.4. The number of nitrogens with one attached hydrogen (secondary N) is 1. The maximum atomic E-state index is 12.1. The van der Waals surface area contributed by atoms with E-state index in [2.05, 4.69) is 5.32 Å². The number of amides is 1. The lowest BCUT2D eigenvalue weighted by Gasteiger charge is -2.08. The third-order valence-electron chi connectivity index (χ3n) is 3.11. The molecular formula is C16H16ClNO5. The van der Waals surface area contributed by atoms with Crippen LogP contribution in [-0.4, -0.2) is 23.6 Å². The van der Waals surface area contributed by atoms with Gasteiger partial charge in [0.05, 0.1) is 5.02 Å². The van der Waals surface area contributed by atoms with Crippen molar-refractivity contribution < 1.29 is 23.8 Å². The molecule has 0 fully saturated rings. The molecular weight excluding hydrogens is 322 g/mol. The summed E-state index contributed by atoms with van der Waals surface area (Å²) in [7, 11) is 0. The molecule has 0 saturated carbocycles. The van der Waals surface area contributed by atoms with Crippen molar-refractivity contribution in [2.75, 3.05) is 11.9 Å². The van der Waals surface area contributed by atoms with Crippen molar-refractivity contribution in [1.29, 1.82) is 0 Å². The molecule has 1 amide bonds. The van der Waals surface area contributed by atoms with Crippen LogP contribution in [0.4, 0.5) is 5.69 Å². The average molecular weight is 338 g/mol. The Hall–Kier alpha value is -2.47. The van der Waals surface area contributed by atoms with Crippen LogP contribution in [0.5, 0.6) is 5.75 Å². The first-order valence-electron chi connectivity index (χ1n) is 6.95. The number of hydrogen-bond donors (Lipinski definition) is 2. The number of aliphatic carboxylic acids is 1. The molecule has 0 saturated heterocycles. The van der Waals surface area contributed by atoms with E-state index in [9.17, 15) is 9.59 Å². The third kappa shape index (κ3) is 4.26. The van der Waals surface area contributed by atoms with Gasteiger partial charge in [0, 0.05) is 12.1 Å². The molecule has 1 heterocycles. The van der Waals surface area contributed by atoms with Gasteiger partial charge in [-0.1, -0.05) is 18.5 Å². The van der Waals surface area contributed by atoms with Gasteiger partial charge < -0.3 is 19.6 Å². The molecule has 0 aliphatic rings. The van der Waals surface area contributed by atoms with Gasteiger partial charge >= 0.3 is 5.97 Å². The van der Waals surface area contributed by atoms with Crippen LogP contribution in [0.15, 0.2) is 28.7 Å². The highest BCUT2D eigenvalue weighted by atomic mass is 35.5. The zero-order chi connectivity index (χ0) is 17.0. The van der Waals surface area contributed by atoms with Crippen LogP contribution < -0.4 is 10.1 Å². The molecule has 2 rings (SSSR count). The lowest BCUT2D eigenvalue weighted by Crippen LogP contribution is -2.12. The van der Waals surface area contributed by atoms with Gasteiger partial charge in [-0.25, -0.2) is 4.79 Å². The van der Waals surface area contributed by atoms with E-state index in [1.54, 1.807) is 12.1 Å². The normalized spacial score (nSPS) is 10.4. The second-order valence-corrected chi connectivity index (χ2v) is 5.26. The van der Waals surface area contributed by atoms with Gasteiger partial charge in [0.25, 0.3) is 5.91 Å². The molecule has 2 N–H and O–H groups in total. The fraction of sp³-hybridized carbons (Fsp3) is 0.250. The van der Waals surface area contributed by atoms with Crippen molar-refractivity contribution in [1.82, 2.24) is 0 Å². The van der Waals surface area contributed by atoms with Crippen LogP contribution in [0.3, 0.4) is 0 Å². The summed E-state index contributed by atoms with van der Waals surface area (Å²) in [5, 5.41) is 11.4. The summed E-state index contributed by atoms with van der Waals surface area (Å²) in [6.07, 6.45) is 0.709. The number of ether oxygens (including phenoxy) is 1. The molecule has 2 aromatic rings. The number of carboxylic acids is 1. The van der Waals surface area contributed by atoms with Gasteiger partial charge in [0.1, 0.15) is 11.5 Å². The van der Waals surface area contributed by atoms with Crippen molar-refractivity contribution in [3.63, 3.8) is 0 Å². The first-order chi connectivity index (χ1) is 10.9. The Bertz CT molecular complexity index is 738. The van der Waals surface area contributed by atoms with Gasteiger partial charge in [-0.2, -0.15) is 0 Å². The van der Waals surface area contributed by atoms with Crippen molar-refractivity contribution in [2.45, 2.75) is 20.3 Å². The number of anilines is 1. The summed E-state index contributed by atoms with van der Waals surface area (Å²) in [5.41, 5.74) is 1.38. The Labute approximate surface area is 138 Å². The number of furan rings is 1. The highest BCUT2D eigenvalue weighted by Gasteiger charge is 2.14. The smallest absolute Gasteiger partial charge is 0.341 e. The minimum absolute atomic E-state index is 0.203. The molecule has 0 atom stereocenters. The molecule has 0 radical (unpaired) electrons. The number of carboxylic acid groups (broad SMARTS) is 1. The van der Waals surface area contributed by atoms with Gasteiger partial charge in [-0.05, 0) is 36.8 Å². The lowest BCUT2D eigenvalue weighted by molar-refractivity contribution is -0.139. The molecule has 23 heavy (non-hydrogen) atoms. The Morgan fingerprint density at radius 1 is 1.35 bits per heavy atom. The van der Waals surface area contributed by atoms with Crippen LogP contribution in [0.2, 0.25) is 5.02 Å². The zero-order valence-electron chi connectivity index (χ0n) is 12.7. The van der Waals surface area contributed by atoms with Gasteiger partial charge in [-0.3, -0.25) is 4.79 Å². The summed E-state index contributed by atoms with van der Waals surface area (Å²) < 4.78 is 10.5. The average Bonchev–Trinajstić information content (AvgIpc) is 2.87. The molecule has 1 aromatic carbocycles. The van der Waals surface area contributed by atoms with E-state index in [4.69, 9.17) is 25.9 Å². The van der Waals surface area contributed by atoms with Crippen molar-refractivity contribution >= 4 is 29.2 Å². The third-order valence-corrected chi connectivity index (χ3v) is 3.40. The molecule has 0 unspecified atom stereocenters. The highest BCUT2D eigenvalue weighted by Crippen LogP contribution is 2.28. The van der Waals surface area contributed by atoms with Crippen molar-refractivity contribution in [3.8, 4) is 5.75 Å². The summed E-state index contributed by atoms with van der Waals surface area (Å²) >= 11 is 6.00. The van der Waals surface area contributed by atoms with Crippen LogP contribution in [0, 0.1) is 6.92 Å². The standard InChI is InChI=1S/C16H16ClNO5/c1-3-12-9(2)6-14(23-12)16(21)18-10-4-5-13(11(17)7-10)22-8-15(19)20/h4-7H,3,8H2,1-2H3,(H,18,21)(H,19,20). The van der Waals surface area contributed by atoms with Gasteiger partial charge in [0.2, 0.25) is 0 Å². The fourth-order valence-electron chi connectivity index (χ4n) is 2.01. The van der Waals surface area contributed by atoms with E-state index in [1.165, 1.54) is 12.1 Å². The number of carbonyl (C=O) groups excluding carboxylic acids is 1. The molecule has 1 aromatic heterocycles. The second-order valence-electron chi connectivity index (χ2n) is 4.85. The van der Waals surface area contributed by atoms with Gasteiger partial charge in [0.15, 0.2) is 12.4 Å². The molecule has 7 heteroatoms. The summed E-state index contributed by atoms with van der Waals surface area (Å²) in [4.78, 5) is 22.6. The molecule has 0 bridgehead atoms. The Morgan fingerprint density at radius 2 is 2.09 bits per heavy atom. The number of rotatable bonds is 6. The minimum atomic E-state index is -1.10. The highest BCUT2D eigenvalue weighted by molar-refractivity contribution is 6.32. The maximum Gasteiger partial charge on any atom is 0.341 e. The quantitative estimate of drug-likeness (QED) is 0.841. The summed E-state index contributed by atoms with van der Waals surface area (Å²) in [5.74, 6) is -0.261. The van der Waals surface area contributed by atoms with Crippen LogP contribution in [0.1, 0.15) is 28.8 Å². The van der Waals surface area contributed by atoms with Crippen LogP contribution in [-0.2, 0) is 11.2 Å². The van der Waals surface area contributed by atoms with Crippen molar-refractivity contribution in [3.05, 3.63) is 46.4 Å². The van der Waals surface area contributed by atoms with Crippen molar-refractivity contribution in [2.24, 2.45) is 0 Å². The Morgan fingerprint density at radius 3 is 2.65 bits per heavy atom. The number of aryl methyl sites for hydroxylation is 2. The Balaban J connectivity index is 2.08. The molecule has 122 valence electrons. The van der Waals surface area contributed by atoms with E-state index in [-0.39, 0.29) is 22.4 Å². The predicted octanol–water partition coefficient (Wildman–Crippen LogP) is 3.52. The summed E-state index contributed by atoms with van der Waals surface area (Å²) in [6, 6.07) is 6.22. The van der Waals surface area contributed by atoms with Crippen LogP contribution >= 0.6 is 11.6 Å². The SMILES string of the molecule is CCc1oc(C(=O)Nc2ccc(OCC(=O)O)c(Cl)c2)cc1C. The Kier molecular flexibility index (Phi) is 5.28. The van der Waals surface area contributed by atoms with Crippen LogP contribution in [0.25, 0.3) is 0 Å². The van der Waals surface area contributed by atoms with Gasteiger partial charge in [-0.15, -0.1) is 0 Å². The fourth-order valence-corrected chi connectivity index (χ4v) is 2.25. The first-order valence-corrected chi connectivity index (χ1v) is 7.33. The largest absolute Gasteiger partial charge is 0.480 e. The number of benzene rings is 1. The monoisotopic (exact) mass is 337 g/mol. The maximum absolute atomic E-state index is 12.1. The molecule has 0 aliphatic heterocycles. The minimum Gasteiger partial charge on any atom is -0.480 e. The van der Waals surface area contributed by atoms with E-state index < -0.39 is 12.6 Å². The van der Waals surface area contributed by atoms with E-state index >= 15 is 0 Å². The van der Waals surface area contributed by atoms with E-state index in [1.807, 2.05) is 13.8 Å².